The molecule has 0 radical (unpaired) electrons. The van der Waals surface area contributed by atoms with E-state index in [9.17, 15) is 14.0 Å². The predicted octanol–water partition coefficient (Wildman–Crippen LogP) is 3.91. The maximum absolute atomic E-state index is 14.1. The Hall–Kier alpha value is -3.47. The second-order valence-corrected chi connectivity index (χ2v) is 6.61. The molecular formula is C23H18FNO3. The van der Waals surface area contributed by atoms with E-state index in [2.05, 4.69) is 5.32 Å². The van der Waals surface area contributed by atoms with Crippen LogP contribution < -0.4 is 5.32 Å². The van der Waals surface area contributed by atoms with E-state index in [1.165, 1.54) is 25.3 Å². The van der Waals surface area contributed by atoms with Crippen molar-refractivity contribution in [2.45, 2.75) is 12.0 Å². The van der Waals surface area contributed by atoms with Crippen LogP contribution in [0.2, 0.25) is 0 Å². The zero-order chi connectivity index (χ0) is 19.7. The summed E-state index contributed by atoms with van der Waals surface area (Å²) in [4.78, 5) is 25.4. The van der Waals surface area contributed by atoms with Gasteiger partial charge in [-0.1, -0.05) is 60.7 Å². The van der Waals surface area contributed by atoms with Crippen LogP contribution in [0.1, 0.15) is 27.4 Å². The van der Waals surface area contributed by atoms with Gasteiger partial charge in [0.15, 0.2) is 0 Å². The predicted molar refractivity (Wildman–Crippen MR) is 103 cm³/mol. The third kappa shape index (κ3) is 2.95. The molecule has 1 amide bonds. The Kier molecular flexibility index (Phi) is 4.65. The van der Waals surface area contributed by atoms with Crippen LogP contribution in [0.4, 0.5) is 4.39 Å². The van der Waals surface area contributed by atoms with Crippen LogP contribution in [0.15, 0.2) is 72.8 Å². The second-order valence-electron chi connectivity index (χ2n) is 6.61. The van der Waals surface area contributed by atoms with E-state index in [1.807, 2.05) is 48.5 Å². The Morgan fingerprint density at radius 1 is 0.893 bits per heavy atom. The fourth-order valence-corrected chi connectivity index (χ4v) is 3.82. The lowest BCUT2D eigenvalue weighted by Crippen LogP contribution is -2.45. The quantitative estimate of drug-likeness (QED) is 0.704. The summed E-state index contributed by atoms with van der Waals surface area (Å²) in [6.45, 7) is 0. The van der Waals surface area contributed by atoms with Gasteiger partial charge in [0.25, 0.3) is 5.91 Å². The van der Waals surface area contributed by atoms with Gasteiger partial charge in [-0.2, -0.15) is 0 Å². The molecule has 0 fully saturated rings. The summed E-state index contributed by atoms with van der Waals surface area (Å²) in [6, 6.07) is 20.2. The Balaban J connectivity index is 1.78. The van der Waals surface area contributed by atoms with Crippen molar-refractivity contribution in [2.24, 2.45) is 0 Å². The number of halogens is 1. The maximum Gasteiger partial charge on any atom is 0.329 e. The average molecular weight is 375 g/mol. The molecule has 0 aromatic heterocycles. The van der Waals surface area contributed by atoms with Crippen molar-refractivity contribution in [2.75, 3.05) is 7.11 Å². The summed E-state index contributed by atoms with van der Waals surface area (Å²) in [5, 5.41) is 2.70. The summed E-state index contributed by atoms with van der Waals surface area (Å²) in [6.07, 6.45) is 0. The van der Waals surface area contributed by atoms with Crippen LogP contribution >= 0.6 is 0 Å². The monoisotopic (exact) mass is 375 g/mol. The fourth-order valence-electron chi connectivity index (χ4n) is 3.82. The van der Waals surface area contributed by atoms with E-state index < -0.39 is 29.7 Å². The molecule has 3 aromatic carbocycles. The number of benzene rings is 3. The van der Waals surface area contributed by atoms with Crippen LogP contribution in [0.5, 0.6) is 0 Å². The molecule has 0 spiro atoms. The molecule has 4 rings (SSSR count). The number of ether oxygens (including phenoxy) is 1. The van der Waals surface area contributed by atoms with Crippen molar-refractivity contribution in [3.8, 4) is 11.1 Å². The lowest BCUT2D eigenvalue weighted by atomic mass is 9.89. The number of carbonyl (C=O) groups is 2. The van der Waals surface area contributed by atoms with Crippen molar-refractivity contribution in [1.29, 1.82) is 0 Å². The van der Waals surface area contributed by atoms with E-state index >= 15 is 0 Å². The number of nitrogens with one attached hydrogen (secondary N) is 1. The summed E-state index contributed by atoms with van der Waals surface area (Å²) in [5.41, 5.74) is 3.76. The van der Waals surface area contributed by atoms with Crippen molar-refractivity contribution in [3.63, 3.8) is 0 Å². The highest BCUT2D eigenvalue weighted by atomic mass is 19.1. The minimum absolute atomic E-state index is 0.115. The second kappa shape index (κ2) is 7.27. The van der Waals surface area contributed by atoms with E-state index in [4.69, 9.17) is 4.74 Å². The van der Waals surface area contributed by atoms with Crippen LogP contribution in [0, 0.1) is 5.82 Å². The fraction of sp³-hybridized carbons (Fsp3) is 0.130. The molecule has 0 aliphatic heterocycles. The zero-order valence-electron chi connectivity index (χ0n) is 15.2. The highest BCUT2D eigenvalue weighted by Crippen LogP contribution is 2.46. The van der Waals surface area contributed by atoms with Crippen molar-refractivity contribution >= 4 is 11.9 Å². The molecule has 0 saturated heterocycles. The van der Waals surface area contributed by atoms with Gasteiger partial charge in [0.1, 0.15) is 11.9 Å². The Morgan fingerprint density at radius 2 is 1.43 bits per heavy atom. The Labute approximate surface area is 162 Å². The normalized spacial score (nSPS) is 13.4. The lowest BCUT2D eigenvalue weighted by molar-refractivity contribution is -0.143. The van der Waals surface area contributed by atoms with Crippen LogP contribution in [0.25, 0.3) is 11.1 Å². The summed E-state index contributed by atoms with van der Waals surface area (Å²) in [7, 11) is 1.28. The molecule has 1 aliphatic rings. The molecule has 0 heterocycles. The van der Waals surface area contributed by atoms with Crippen LogP contribution in [-0.4, -0.2) is 25.0 Å². The highest BCUT2D eigenvalue weighted by molar-refractivity contribution is 5.98. The Morgan fingerprint density at radius 3 is 2.00 bits per heavy atom. The number of amides is 1. The van der Waals surface area contributed by atoms with E-state index in [-0.39, 0.29) is 5.56 Å². The minimum atomic E-state index is -0.984. The Bertz CT molecular complexity index is 1020. The van der Waals surface area contributed by atoms with Crippen molar-refractivity contribution in [1.82, 2.24) is 5.32 Å². The van der Waals surface area contributed by atoms with E-state index in [0.29, 0.717) is 0 Å². The van der Waals surface area contributed by atoms with Crippen molar-refractivity contribution < 1.29 is 18.7 Å². The molecule has 1 N–H and O–H groups in total. The van der Waals surface area contributed by atoms with Crippen molar-refractivity contribution in [3.05, 3.63) is 95.3 Å². The number of hydrogen-bond acceptors (Lipinski definition) is 3. The number of rotatable bonds is 4. The average Bonchev–Trinajstić information content (AvgIpc) is 3.06. The zero-order valence-corrected chi connectivity index (χ0v) is 15.2. The van der Waals surface area contributed by atoms with Gasteiger partial charge in [0, 0.05) is 5.92 Å². The molecular weight excluding hydrogens is 357 g/mol. The molecule has 0 unspecified atom stereocenters. The van der Waals surface area contributed by atoms with Gasteiger partial charge in [-0.05, 0) is 34.4 Å². The minimum Gasteiger partial charge on any atom is -0.467 e. The molecule has 5 heteroatoms. The number of hydrogen-bond donors (Lipinski definition) is 1. The molecule has 0 bridgehead atoms. The van der Waals surface area contributed by atoms with Crippen LogP contribution in [0.3, 0.4) is 0 Å². The third-order valence-electron chi connectivity index (χ3n) is 5.08. The molecule has 4 nitrogen and oxygen atoms in total. The topological polar surface area (TPSA) is 55.4 Å². The van der Waals surface area contributed by atoms with E-state index in [1.54, 1.807) is 6.07 Å². The maximum atomic E-state index is 14.1. The largest absolute Gasteiger partial charge is 0.467 e. The smallest absolute Gasteiger partial charge is 0.329 e. The van der Waals surface area contributed by atoms with Gasteiger partial charge in [-0.25, -0.2) is 9.18 Å². The number of carbonyl (C=O) groups excluding carboxylic acids is 2. The van der Waals surface area contributed by atoms with Crippen LogP contribution in [-0.2, 0) is 9.53 Å². The first-order valence-electron chi connectivity index (χ1n) is 8.93. The summed E-state index contributed by atoms with van der Waals surface area (Å²) in [5.74, 6) is -2.30. The number of esters is 1. The highest BCUT2D eigenvalue weighted by Gasteiger charge is 2.39. The number of fused-ring (bicyclic) bond motifs is 3. The first-order chi connectivity index (χ1) is 13.6. The SMILES string of the molecule is COC(=O)[C@H](NC(=O)c1ccccc1F)C1c2ccccc2-c2ccccc21. The standard InChI is InChI=1S/C23H18FNO3/c1-28-23(27)21(25-22(26)18-12-6-7-13-19(18)24)20-16-10-4-2-8-14(16)15-9-3-5-11-17(15)20/h2-13,20-21H,1H3,(H,25,26)/t21-/m1/s1. The van der Waals surface area contributed by atoms with Gasteiger partial charge in [0.2, 0.25) is 0 Å². The molecule has 3 aromatic rings. The molecule has 28 heavy (non-hydrogen) atoms. The van der Waals surface area contributed by atoms with Gasteiger partial charge < -0.3 is 10.1 Å². The van der Waals surface area contributed by atoms with Gasteiger partial charge in [-0.15, -0.1) is 0 Å². The molecule has 1 atom stereocenters. The molecule has 0 saturated carbocycles. The molecule has 1 aliphatic carbocycles. The van der Waals surface area contributed by atoms with Gasteiger partial charge in [-0.3, -0.25) is 4.79 Å². The molecule has 140 valence electrons. The summed E-state index contributed by atoms with van der Waals surface area (Å²) >= 11 is 0. The lowest BCUT2D eigenvalue weighted by Gasteiger charge is -2.24. The van der Waals surface area contributed by atoms with E-state index in [0.717, 1.165) is 22.3 Å². The summed E-state index contributed by atoms with van der Waals surface area (Å²) < 4.78 is 19.0. The number of methoxy groups -OCH3 is 1. The first-order valence-corrected chi connectivity index (χ1v) is 8.93. The first kappa shape index (κ1) is 17.9. The van der Waals surface area contributed by atoms with Gasteiger partial charge >= 0.3 is 5.97 Å². The van der Waals surface area contributed by atoms with Gasteiger partial charge in [0.05, 0.1) is 12.7 Å². The third-order valence-corrected chi connectivity index (χ3v) is 5.08.